The number of hydrogen-bond acceptors (Lipinski definition) is 3. The second-order valence-corrected chi connectivity index (χ2v) is 5.34. The molecule has 1 atom stereocenters. The van der Waals surface area contributed by atoms with Gasteiger partial charge in [0.2, 0.25) is 5.76 Å². The Bertz CT molecular complexity index is 566. The summed E-state index contributed by atoms with van der Waals surface area (Å²) in [5, 5.41) is 2.83. The zero-order chi connectivity index (χ0) is 13.8. The molecule has 1 unspecified atom stereocenters. The van der Waals surface area contributed by atoms with Gasteiger partial charge in [-0.1, -0.05) is 46.3 Å². The number of carbonyl (C=O) groups is 1. The molecule has 0 radical (unpaired) electrons. The van der Waals surface area contributed by atoms with Gasteiger partial charge in [0.05, 0.1) is 10.5 Å². The van der Waals surface area contributed by atoms with Crippen molar-refractivity contribution >= 4 is 21.8 Å². The van der Waals surface area contributed by atoms with Gasteiger partial charge in [-0.3, -0.25) is 4.79 Å². The quantitative estimate of drug-likeness (QED) is 0.880. The SMILES string of the molecule is Cc1nc(C)c(C(=O)NCC(Br)c2ccccc2)o1. The van der Waals surface area contributed by atoms with E-state index in [9.17, 15) is 4.79 Å². The molecule has 0 fully saturated rings. The molecule has 0 aliphatic rings. The molecule has 4 nitrogen and oxygen atoms in total. The maximum Gasteiger partial charge on any atom is 0.289 e. The molecular formula is C14H15BrN2O2. The minimum Gasteiger partial charge on any atom is -0.436 e. The number of oxazole rings is 1. The molecule has 1 heterocycles. The Labute approximate surface area is 120 Å². The first-order chi connectivity index (χ1) is 9.08. The maximum atomic E-state index is 11.9. The van der Waals surface area contributed by atoms with Crippen LogP contribution < -0.4 is 5.32 Å². The summed E-state index contributed by atoms with van der Waals surface area (Å²) in [6.07, 6.45) is 0. The number of nitrogens with zero attached hydrogens (tertiary/aromatic N) is 1. The van der Waals surface area contributed by atoms with Crippen LogP contribution in [0.15, 0.2) is 34.7 Å². The standard InChI is InChI=1S/C14H15BrN2O2/c1-9-13(19-10(2)17-9)14(18)16-8-12(15)11-6-4-3-5-7-11/h3-7,12H,8H2,1-2H3,(H,16,18). The zero-order valence-electron chi connectivity index (χ0n) is 10.8. The van der Waals surface area contributed by atoms with Crippen molar-refractivity contribution in [2.75, 3.05) is 6.54 Å². The fraction of sp³-hybridized carbons (Fsp3) is 0.286. The third-order valence-corrected chi connectivity index (χ3v) is 3.57. The molecule has 19 heavy (non-hydrogen) atoms. The van der Waals surface area contributed by atoms with Crippen LogP contribution in [-0.4, -0.2) is 17.4 Å². The highest BCUT2D eigenvalue weighted by Gasteiger charge is 2.17. The van der Waals surface area contributed by atoms with E-state index in [-0.39, 0.29) is 16.5 Å². The van der Waals surface area contributed by atoms with E-state index in [0.29, 0.717) is 18.1 Å². The van der Waals surface area contributed by atoms with Gasteiger partial charge in [0.1, 0.15) is 0 Å². The van der Waals surface area contributed by atoms with Crippen LogP contribution in [0.3, 0.4) is 0 Å². The average molecular weight is 323 g/mol. The molecule has 0 saturated carbocycles. The van der Waals surface area contributed by atoms with Crippen molar-refractivity contribution in [3.05, 3.63) is 53.2 Å². The van der Waals surface area contributed by atoms with E-state index in [4.69, 9.17) is 4.42 Å². The Morgan fingerprint density at radius 1 is 1.37 bits per heavy atom. The van der Waals surface area contributed by atoms with Crippen LogP contribution in [0.2, 0.25) is 0 Å². The molecule has 5 heteroatoms. The highest BCUT2D eigenvalue weighted by atomic mass is 79.9. The van der Waals surface area contributed by atoms with Gasteiger partial charge in [0.25, 0.3) is 5.91 Å². The number of aromatic nitrogens is 1. The summed E-state index contributed by atoms with van der Waals surface area (Å²) in [5.41, 5.74) is 1.73. The van der Waals surface area contributed by atoms with Gasteiger partial charge >= 0.3 is 0 Å². The smallest absolute Gasteiger partial charge is 0.289 e. The topological polar surface area (TPSA) is 55.1 Å². The van der Waals surface area contributed by atoms with E-state index in [1.54, 1.807) is 13.8 Å². The lowest BCUT2D eigenvalue weighted by Crippen LogP contribution is -2.26. The van der Waals surface area contributed by atoms with E-state index in [1.165, 1.54) is 0 Å². The lowest BCUT2D eigenvalue weighted by Gasteiger charge is -2.10. The Kier molecular flexibility index (Phi) is 4.37. The monoisotopic (exact) mass is 322 g/mol. The van der Waals surface area contributed by atoms with Crippen molar-refractivity contribution in [3.63, 3.8) is 0 Å². The molecule has 0 aliphatic carbocycles. The largest absolute Gasteiger partial charge is 0.436 e. The summed E-state index contributed by atoms with van der Waals surface area (Å²) in [5.74, 6) is 0.546. The highest BCUT2D eigenvalue weighted by Crippen LogP contribution is 2.21. The Balaban J connectivity index is 1.96. The van der Waals surface area contributed by atoms with Crippen LogP contribution in [0.1, 0.15) is 32.5 Å². The molecule has 1 aromatic carbocycles. The third-order valence-electron chi connectivity index (χ3n) is 2.71. The van der Waals surface area contributed by atoms with Crippen LogP contribution in [0.5, 0.6) is 0 Å². The molecule has 100 valence electrons. The Morgan fingerprint density at radius 2 is 2.05 bits per heavy atom. The molecule has 1 amide bonds. The van der Waals surface area contributed by atoms with Gasteiger partial charge < -0.3 is 9.73 Å². The number of halogens is 1. The van der Waals surface area contributed by atoms with E-state index in [2.05, 4.69) is 26.2 Å². The number of alkyl halides is 1. The van der Waals surface area contributed by atoms with Crippen molar-refractivity contribution in [2.24, 2.45) is 0 Å². The first-order valence-corrected chi connectivity index (χ1v) is 6.90. The average Bonchev–Trinajstić information content (AvgIpc) is 2.75. The third kappa shape index (κ3) is 3.44. The highest BCUT2D eigenvalue weighted by molar-refractivity contribution is 9.09. The van der Waals surface area contributed by atoms with Crippen molar-refractivity contribution in [3.8, 4) is 0 Å². The summed E-state index contributed by atoms with van der Waals surface area (Å²) < 4.78 is 5.28. The molecule has 1 N–H and O–H groups in total. The molecule has 0 bridgehead atoms. The first-order valence-electron chi connectivity index (χ1n) is 5.99. The predicted octanol–water partition coefficient (Wildman–Crippen LogP) is 3.16. The lowest BCUT2D eigenvalue weighted by atomic mass is 10.1. The van der Waals surface area contributed by atoms with Crippen LogP contribution in [0.4, 0.5) is 0 Å². The fourth-order valence-electron chi connectivity index (χ4n) is 1.78. The molecule has 0 aliphatic heterocycles. The predicted molar refractivity (Wildman–Crippen MR) is 76.4 cm³/mol. The number of hydrogen-bond donors (Lipinski definition) is 1. The maximum absolute atomic E-state index is 11.9. The van der Waals surface area contributed by atoms with Gasteiger partial charge in [0.15, 0.2) is 5.89 Å². The van der Waals surface area contributed by atoms with Crippen LogP contribution in [-0.2, 0) is 0 Å². The van der Waals surface area contributed by atoms with Gasteiger partial charge in [-0.05, 0) is 12.5 Å². The number of benzene rings is 1. The normalized spacial score (nSPS) is 12.2. The van der Waals surface area contributed by atoms with Crippen molar-refractivity contribution < 1.29 is 9.21 Å². The molecule has 0 spiro atoms. The number of amides is 1. The molecule has 2 aromatic rings. The minimum absolute atomic E-state index is 0.0713. The van der Waals surface area contributed by atoms with Crippen LogP contribution in [0, 0.1) is 13.8 Å². The van der Waals surface area contributed by atoms with Crippen molar-refractivity contribution in [1.29, 1.82) is 0 Å². The van der Waals surface area contributed by atoms with Gasteiger partial charge in [-0.15, -0.1) is 0 Å². The Hall–Kier alpha value is -1.62. The first kappa shape index (κ1) is 13.8. The fourth-order valence-corrected chi connectivity index (χ4v) is 2.25. The summed E-state index contributed by atoms with van der Waals surface area (Å²) >= 11 is 3.55. The number of nitrogens with one attached hydrogen (secondary N) is 1. The van der Waals surface area contributed by atoms with Crippen LogP contribution in [0.25, 0.3) is 0 Å². The molecule has 2 rings (SSSR count). The van der Waals surface area contributed by atoms with Crippen molar-refractivity contribution in [1.82, 2.24) is 10.3 Å². The number of carbonyl (C=O) groups excluding carboxylic acids is 1. The van der Waals surface area contributed by atoms with Gasteiger partial charge in [-0.25, -0.2) is 4.98 Å². The second kappa shape index (κ2) is 6.02. The lowest BCUT2D eigenvalue weighted by molar-refractivity contribution is 0.0924. The minimum atomic E-state index is -0.238. The van der Waals surface area contributed by atoms with E-state index < -0.39 is 0 Å². The summed E-state index contributed by atoms with van der Waals surface area (Å²) in [4.78, 5) is 16.1. The van der Waals surface area contributed by atoms with Crippen molar-refractivity contribution in [2.45, 2.75) is 18.7 Å². The number of rotatable bonds is 4. The van der Waals surface area contributed by atoms with Gasteiger partial charge in [0, 0.05) is 13.5 Å². The van der Waals surface area contributed by atoms with Gasteiger partial charge in [-0.2, -0.15) is 0 Å². The van der Waals surface area contributed by atoms with E-state index in [0.717, 1.165) is 5.56 Å². The zero-order valence-corrected chi connectivity index (χ0v) is 12.4. The summed E-state index contributed by atoms with van der Waals surface area (Å²) in [6.45, 7) is 3.97. The summed E-state index contributed by atoms with van der Waals surface area (Å²) in [6, 6.07) is 9.91. The Morgan fingerprint density at radius 3 is 2.63 bits per heavy atom. The van der Waals surface area contributed by atoms with E-state index >= 15 is 0 Å². The second-order valence-electron chi connectivity index (χ2n) is 4.24. The van der Waals surface area contributed by atoms with E-state index in [1.807, 2.05) is 30.3 Å². The molecule has 0 saturated heterocycles. The number of aryl methyl sites for hydroxylation is 2. The summed E-state index contributed by atoms with van der Waals surface area (Å²) in [7, 11) is 0. The molecular weight excluding hydrogens is 308 g/mol. The van der Waals surface area contributed by atoms with Crippen LogP contribution >= 0.6 is 15.9 Å². The molecule has 1 aromatic heterocycles.